The van der Waals surface area contributed by atoms with Crippen molar-refractivity contribution < 1.29 is 0 Å². The van der Waals surface area contributed by atoms with Crippen LogP contribution in [0.2, 0.25) is 0 Å². The lowest BCUT2D eigenvalue weighted by Gasteiger charge is -2.48. The Morgan fingerprint density at radius 2 is 1.74 bits per heavy atom. The monoisotopic (exact) mass is 267 g/mol. The first-order valence-electron chi connectivity index (χ1n) is 8.27. The molecule has 0 aromatic carbocycles. The molecule has 3 nitrogen and oxygen atoms in total. The maximum atomic E-state index is 6.00. The second kappa shape index (κ2) is 6.55. The Morgan fingerprint density at radius 3 is 2.16 bits per heavy atom. The van der Waals surface area contributed by atoms with E-state index >= 15 is 0 Å². The summed E-state index contributed by atoms with van der Waals surface area (Å²) in [5.74, 6) is 7.73. The Labute approximate surface area is 119 Å². The summed E-state index contributed by atoms with van der Waals surface area (Å²) >= 11 is 0. The zero-order valence-electron chi connectivity index (χ0n) is 13.1. The van der Waals surface area contributed by atoms with E-state index < -0.39 is 0 Å². The molecule has 3 heteroatoms. The maximum absolute atomic E-state index is 6.00. The topological polar surface area (TPSA) is 41.3 Å². The maximum Gasteiger partial charge on any atom is 0.0422 e. The van der Waals surface area contributed by atoms with E-state index in [4.69, 9.17) is 5.84 Å². The van der Waals surface area contributed by atoms with E-state index in [1.807, 2.05) is 0 Å². The number of nitrogens with two attached hydrogens (primary N) is 1. The van der Waals surface area contributed by atoms with Gasteiger partial charge in [-0.05, 0) is 51.6 Å². The van der Waals surface area contributed by atoms with Crippen molar-refractivity contribution in [1.29, 1.82) is 0 Å². The lowest BCUT2D eigenvalue weighted by Crippen LogP contribution is -2.62. The van der Waals surface area contributed by atoms with Crippen molar-refractivity contribution in [3.63, 3.8) is 0 Å². The molecule has 0 saturated heterocycles. The fourth-order valence-electron chi connectivity index (χ4n) is 4.68. The van der Waals surface area contributed by atoms with Crippen molar-refractivity contribution in [3.8, 4) is 0 Å². The van der Waals surface area contributed by atoms with E-state index in [-0.39, 0.29) is 0 Å². The fourth-order valence-corrected chi connectivity index (χ4v) is 4.68. The van der Waals surface area contributed by atoms with Gasteiger partial charge in [0.15, 0.2) is 0 Å². The van der Waals surface area contributed by atoms with Gasteiger partial charge < -0.3 is 4.90 Å². The minimum atomic E-state index is 0.304. The highest BCUT2D eigenvalue weighted by Gasteiger charge is 2.46. The molecule has 3 N–H and O–H groups in total. The van der Waals surface area contributed by atoms with Gasteiger partial charge in [-0.2, -0.15) is 0 Å². The van der Waals surface area contributed by atoms with Crippen LogP contribution >= 0.6 is 0 Å². The van der Waals surface area contributed by atoms with E-state index in [1.165, 1.54) is 57.8 Å². The van der Waals surface area contributed by atoms with Crippen molar-refractivity contribution in [2.45, 2.75) is 76.3 Å². The third kappa shape index (κ3) is 2.98. The van der Waals surface area contributed by atoms with Crippen molar-refractivity contribution in [2.75, 3.05) is 14.1 Å². The molecule has 19 heavy (non-hydrogen) atoms. The standard InChI is InChI=1S/C16H33N3/c1-4-13-7-9-14(10-8-13)15(18-17)16(19(2)3)11-5-6-12-16/h13-15,18H,4-12,17H2,1-3H3. The average Bonchev–Trinajstić information content (AvgIpc) is 2.91. The van der Waals surface area contributed by atoms with Crippen LogP contribution in [-0.2, 0) is 0 Å². The molecule has 0 spiro atoms. The molecule has 0 aromatic rings. The largest absolute Gasteiger partial charge is 0.302 e. The summed E-state index contributed by atoms with van der Waals surface area (Å²) in [5, 5.41) is 0. The number of nitrogens with zero attached hydrogens (tertiary/aromatic N) is 1. The molecule has 0 heterocycles. The van der Waals surface area contributed by atoms with Gasteiger partial charge in [-0.1, -0.05) is 39.0 Å². The van der Waals surface area contributed by atoms with Crippen molar-refractivity contribution in [1.82, 2.24) is 10.3 Å². The minimum absolute atomic E-state index is 0.304. The van der Waals surface area contributed by atoms with Crippen LogP contribution in [0.15, 0.2) is 0 Å². The van der Waals surface area contributed by atoms with Crippen LogP contribution in [-0.4, -0.2) is 30.6 Å². The number of likely N-dealkylation sites (N-methyl/N-ethyl adjacent to an activating group) is 1. The van der Waals surface area contributed by atoms with E-state index in [0.717, 1.165) is 11.8 Å². The third-order valence-electron chi connectivity index (χ3n) is 6.06. The predicted molar refractivity (Wildman–Crippen MR) is 81.7 cm³/mol. The molecule has 2 saturated carbocycles. The molecule has 2 aliphatic rings. The van der Waals surface area contributed by atoms with Gasteiger partial charge in [-0.25, -0.2) is 0 Å². The first-order valence-corrected chi connectivity index (χ1v) is 8.27. The Morgan fingerprint density at radius 1 is 1.16 bits per heavy atom. The number of hydrogen-bond donors (Lipinski definition) is 2. The second-order valence-corrected chi connectivity index (χ2v) is 7.04. The normalized spacial score (nSPS) is 32.7. The molecule has 0 aromatic heterocycles. The number of rotatable bonds is 5. The van der Waals surface area contributed by atoms with Gasteiger partial charge in [0.1, 0.15) is 0 Å². The summed E-state index contributed by atoms with van der Waals surface area (Å²) in [6.45, 7) is 2.34. The minimum Gasteiger partial charge on any atom is -0.302 e. The van der Waals surface area contributed by atoms with Gasteiger partial charge in [0.05, 0.1) is 0 Å². The molecule has 112 valence electrons. The van der Waals surface area contributed by atoms with E-state index in [9.17, 15) is 0 Å². The van der Waals surface area contributed by atoms with Crippen molar-refractivity contribution in [2.24, 2.45) is 17.7 Å². The molecule has 0 aliphatic heterocycles. The molecular formula is C16H33N3. The van der Waals surface area contributed by atoms with Crippen LogP contribution in [0.25, 0.3) is 0 Å². The second-order valence-electron chi connectivity index (χ2n) is 7.04. The van der Waals surface area contributed by atoms with Gasteiger partial charge in [0.2, 0.25) is 0 Å². The van der Waals surface area contributed by atoms with Crippen LogP contribution in [0.4, 0.5) is 0 Å². The van der Waals surface area contributed by atoms with Gasteiger partial charge in [0.25, 0.3) is 0 Å². The summed E-state index contributed by atoms with van der Waals surface area (Å²) in [6.07, 6.45) is 12.2. The predicted octanol–water partition coefficient (Wildman–Crippen LogP) is 2.91. The average molecular weight is 267 g/mol. The van der Waals surface area contributed by atoms with Crippen molar-refractivity contribution in [3.05, 3.63) is 0 Å². The summed E-state index contributed by atoms with van der Waals surface area (Å²) in [4.78, 5) is 2.45. The van der Waals surface area contributed by atoms with E-state index in [2.05, 4.69) is 31.3 Å². The number of hydrogen-bond acceptors (Lipinski definition) is 3. The molecular weight excluding hydrogens is 234 g/mol. The molecule has 0 amide bonds. The molecule has 2 fully saturated rings. The highest BCUT2D eigenvalue weighted by molar-refractivity contribution is 5.04. The van der Waals surface area contributed by atoms with Crippen LogP contribution in [0.3, 0.4) is 0 Å². The Bertz CT molecular complexity index is 263. The van der Waals surface area contributed by atoms with Crippen LogP contribution in [0, 0.1) is 11.8 Å². The zero-order valence-corrected chi connectivity index (χ0v) is 13.1. The number of nitrogens with one attached hydrogen (secondary N) is 1. The smallest absolute Gasteiger partial charge is 0.0422 e. The van der Waals surface area contributed by atoms with Crippen LogP contribution in [0.5, 0.6) is 0 Å². The SMILES string of the molecule is CCC1CCC(C(NN)C2(N(C)C)CCCC2)CC1. The van der Waals surface area contributed by atoms with E-state index in [1.54, 1.807) is 0 Å². The molecule has 1 atom stereocenters. The summed E-state index contributed by atoms with van der Waals surface area (Å²) in [7, 11) is 4.49. The quantitative estimate of drug-likeness (QED) is 0.594. The van der Waals surface area contributed by atoms with Crippen LogP contribution < -0.4 is 11.3 Å². The Balaban J connectivity index is 2.06. The van der Waals surface area contributed by atoms with Crippen molar-refractivity contribution >= 4 is 0 Å². The molecule has 0 bridgehead atoms. The lowest BCUT2D eigenvalue weighted by molar-refractivity contribution is 0.0551. The molecule has 0 radical (unpaired) electrons. The molecule has 2 rings (SSSR count). The van der Waals surface area contributed by atoms with Gasteiger partial charge >= 0.3 is 0 Å². The van der Waals surface area contributed by atoms with Gasteiger partial charge in [0, 0.05) is 11.6 Å². The zero-order chi connectivity index (χ0) is 13.9. The molecule has 1 unspecified atom stereocenters. The fraction of sp³-hybridized carbons (Fsp3) is 1.00. The molecule has 2 aliphatic carbocycles. The third-order valence-corrected chi connectivity index (χ3v) is 6.06. The summed E-state index contributed by atoms with van der Waals surface area (Å²) in [6, 6.07) is 0.475. The Kier molecular flexibility index (Phi) is 5.27. The van der Waals surface area contributed by atoms with Gasteiger partial charge in [-0.3, -0.25) is 11.3 Å². The van der Waals surface area contributed by atoms with Crippen LogP contribution in [0.1, 0.15) is 64.7 Å². The van der Waals surface area contributed by atoms with Gasteiger partial charge in [-0.15, -0.1) is 0 Å². The van der Waals surface area contributed by atoms with E-state index in [0.29, 0.717) is 11.6 Å². The summed E-state index contributed by atoms with van der Waals surface area (Å²) < 4.78 is 0. The Hall–Kier alpha value is -0.120. The number of hydrazine groups is 1. The highest BCUT2D eigenvalue weighted by atomic mass is 15.3. The first kappa shape index (κ1) is 15.3. The highest BCUT2D eigenvalue weighted by Crippen LogP contribution is 2.43. The lowest BCUT2D eigenvalue weighted by atomic mass is 9.71. The summed E-state index contributed by atoms with van der Waals surface area (Å²) in [5.41, 5.74) is 3.53. The first-order chi connectivity index (χ1) is 9.14.